The normalized spacial score (nSPS) is 14.2. The number of carbonyl (C=O) groups excluding carboxylic acids is 2. The van der Waals surface area contributed by atoms with Crippen LogP contribution in [0.25, 0.3) is 0 Å². The first-order valence-electron chi connectivity index (χ1n) is 13.1. The van der Waals surface area contributed by atoms with Crippen molar-refractivity contribution in [3.8, 4) is 5.75 Å². The fourth-order valence-corrected chi connectivity index (χ4v) is 5.54. The van der Waals surface area contributed by atoms with Crippen molar-refractivity contribution in [1.82, 2.24) is 10.2 Å². The van der Waals surface area contributed by atoms with Gasteiger partial charge in [-0.25, -0.2) is 0 Å². The Morgan fingerprint density at radius 1 is 0.947 bits per heavy atom. The highest BCUT2D eigenvalue weighted by Gasteiger charge is 2.33. The molecule has 0 radical (unpaired) electrons. The van der Waals surface area contributed by atoms with Crippen LogP contribution in [0, 0.1) is 13.8 Å². The molecule has 0 aliphatic heterocycles. The number of benzene rings is 3. The molecule has 2 amide bonds. The summed E-state index contributed by atoms with van der Waals surface area (Å²) in [6.07, 6.45) is 4.44. The lowest BCUT2D eigenvalue weighted by Gasteiger charge is -2.32. The summed E-state index contributed by atoms with van der Waals surface area (Å²) in [7, 11) is 0. The third-order valence-electron chi connectivity index (χ3n) is 6.92. The Labute approximate surface area is 235 Å². The van der Waals surface area contributed by atoms with E-state index < -0.39 is 6.04 Å². The number of carbonyl (C=O) groups is 2. The molecule has 1 aliphatic rings. The quantitative estimate of drug-likeness (QED) is 0.305. The smallest absolute Gasteiger partial charge is 0.261 e. The molecule has 1 atom stereocenters. The second-order valence-corrected chi connectivity index (χ2v) is 10.8. The summed E-state index contributed by atoms with van der Waals surface area (Å²) in [5.74, 6) is 0.118. The SMILES string of the molecule is Cc1cc(C)cc(OCC(=O)N(Cc2c(Cl)cccc2Cl)[C@H](Cc2ccccc2)C(=O)NC2CCCC2)c1. The van der Waals surface area contributed by atoms with Crippen molar-refractivity contribution in [2.75, 3.05) is 6.61 Å². The Balaban J connectivity index is 1.66. The molecule has 5 nitrogen and oxygen atoms in total. The summed E-state index contributed by atoms with van der Waals surface area (Å²) in [5, 5.41) is 4.09. The highest BCUT2D eigenvalue weighted by Crippen LogP contribution is 2.28. The van der Waals surface area contributed by atoms with Gasteiger partial charge in [-0.05, 0) is 67.6 Å². The highest BCUT2D eigenvalue weighted by molar-refractivity contribution is 6.36. The Morgan fingerprint density at radius 3 is 2.21 bits per heavy atom. The molecule has 0 unspecified atom stereocenters. The van der Waals surface area contributed by atoms with Gasteiger partial charge in [0.15, 0.2) is 6.61 Å². The molecular weight excluding hydrogens is 519 g/mol. The number of hydrogen-bond acceptors (Lipinski definition) is 3. The Kier molecular flexibility index (Phi) is 9.70. The molecule has 0 heterocycles. The molecule has 38 heavy (non-hydrogen) atoms. The van der Waals surface area contributed by atoms with Crippen molar-refractivity contribution in [2.45, 2.75) is 64.6 Å². The Hall–Kier alpha value is -3.02. The molecule has 0 spiro atoms. The minimum atomic E-state index is -0.763. The zero-order chi connectivity index (χ0) is 27.1. The average molecular weight is 554 g/mol. The predicted molar refractivity (Wildman–Crippen MR) is 153 cm³/mol. The van der Waals surface area contributed by atoms with Gasteiger partial charge in [0.2, 0.25) is 5.91 Å². The first-order chi connectivity index (χ1) is 18.3. The van der Waals surface area contributed by atoms with Crippen LogP contribution in [0.4, 0.5) is 0 Å². The van der Waals surface area contributed by atoms with Crippen LogP contribution in [0.2, 0.25) is 10.0 Å². The number of hydrogen-bond donors (Lipinski definition) is 1. The van der Waals surface area contributed by atoms with Crippen molar-refractivity contribution < 1.29 is 14.3 Å². The van der Waals surface area contributed by atoms with E-state index in [0.29, 0.717) is 27.8 Å². The summed E-state index contributed by atoms with van der Waals surface area (Å²) >= 11 is 13.0. The number of amides is 2. The molecule has 1 N–H and O–H groups in total. The molecule has 0 aromatic heterocycles. The van der Waals surface area contributed by atoms with Gasteiger partial charge in [0.05, 0.1) is 0 Å². The zero-order valence-electron chi connectivity index (χ0n) is 21.9. The maximum absolute atomic E-state index is 13.8. The predicted octanol–water partition coefficient (Wildman–Crippen LogP) is 6.69. The fourth-order valence-electron chi connectivity index (χ4n) is 5.02. The number of halogens is 2. The number of nitrogens with one attached hydrogen (secondary N) is 1. The molecule has 0 saturated heterocycles. The van der Waals surface area contributed by atoms with Crippen LogP contribution in [0.1, 0.15) is 47.9 Å². The molecule has 3 aromatic rings. The van der Waals surface area contributed by atoms with Crippen molar-refractivity contribution >= 4 is 35.0 Å². The van der Waals surface area contributed by atoms with E-state index in [1.54, 1.807) is 23.1 Å². The van der Waals surface area contributed by atoms with Crippen molar-refractivity contribution in [3.05, 3.63) is 99.0 Å². The molecule has 3 aromatic carbocycles. The second kappa shape index (κ2) is 13.2. The molecule has 200 valence electrons. The lowest BCUT2D eigenvalue weighted by Crippen LogP contribution is -2.53. The highest BCUT2D eigenvalue weighted by atomic mass is 35.5. The van der Waals surface area contributed by atoms with Gasteiger partial charge in [-0.1, -0.05) is 78.5 Å². The monoisotopic (exact) mass is 552 g/mol. The van der Waals surface area contributed by atoms with Crippen molar-refractivity contribution in [1.29, 1.82) is 0 Å². The van der Waals surface area contributed by atoms with Crippen LogP contribution in [-0.4, -0.2) is 35.4 Å². The first-order valence-corrected chi connectivity index (χ1v) is 13.8. The summed E-state index contributed by atoms with van der Waals surface area (Å²) in [6.45, 7) is 3.84. The van der Waals surface area contributed by atoms with Crippen LogP contribution in [0.3, 0.4) is 0 Å². The number of rotatable bonds is 10. The second-order valence-electron chi connectivity index (χ2n) is 10.0. The van der Waals surface area contributed by atoms with E-state index in [-0.39, 0.29) is 31.0 Å². The van der Waals surface area contributed by atoms with E-state index in [9.17, 15) is 9.59 Å². The van der Waals surface area contributed by atoms with Gasteiger partial charge in [-0.15, -0.1) is 0 Å². The third kappa shape index (κ3) is 7.52. The first kappa shape index (κ1) is 28.0. The molecule has 1 aliphatic carbocycles. The van der Waals surface area contributed by atoms with Crippen LogP contribution >= 0.6 is 23.2 Å². The van der Waals surface area contributed by atoms with Crippen molar-refractivity contribution in [3.63, 3.8) is 0 Å². The van der Waals surface area contributed by atoms with Gasteiger partial charge in [-0.3, -0.25) is 9.59 Å². The van der Waals surface area contributed by atoms with Gasteiger partial charge in [-0.2, -0.15) is 0 Å². The summed E-state index contributed by atoms with van der Waals surface area (Å²) in [4.78, 5) is 29.1. The number of nitrogens with zero attached hydrogens (tertiary/aromatic N) is 1. The van der Waals surface area contributed by atoms with Gasteiger partial charge in [0.1, 0.15) is 11.8 Å². The van der Waals surface area contributed by atoms with Crippen LogP contribution in [-0.2, 0) is 22.6 Å². The van der Waals surface area contributed by atoms with Crippen LogP contribution < -0.4 is 10.1 Å². The molecular formula is C31H34Cl2N2O3. The molecule has 1 fully saturated rings. The fraction of sp³-hybridized carbons (Fsp3) is 0.355. The summed E-state index contributed by atoms with van der Waals surface area (Å²) < 4.78 is 5.93. The standard InChI is InChI=1S/C31H34Cl2N2O3/c1-21-15-22(2)17-25(16-21)38-20-30(36)35(19-26-27(32)13-8-14-28(26)33)29(18-23-9-4-3-5-10-23)31(37)34-24-11-6-7-12-24/h3-5,8-10,13-17,24,29H,6-7,11-12,18-20H2,1-2H3,(H,34,37)/t29-/m1/s1. The van der Waals surface area contributed by atoms with E-state index in [4.69, 9.17) is 27.9 Å². The lowest BCUT2D eigenvalue weighted by atomic mass is 10.0. The Morgan fingerprint density at radius 2 is 1.58 bits per heavy atom. The molecule has 1 saturated carbocycles. The van der Waals surface area contributed by atoms with Crippen LogP contribution in [0.15, 0.2) is 66.7 Å². The molecule has 4 rings (SSSR count). The van der Waals surface area contributed by atoms with Crippen molar-refractivity contribution in [2.24, 2.45) is 0 Å². The maximum atomic E-state index is 13.8. The van der Waals surface area contributed by atoms with Gasteiger partial charge in [0, 0.05) is 34.6 Å². The third-order valence-corrected chi connectivity index (χ3v) is 7.63. The van der Waals surface area contributed by atoms with E-state index in [1.165, 1.54) is 0 Å². The number of ether oxygens (including phenoxy) is 1. The summed E-state index contributed by atoms with van der Waals surface area (Å²) in [5.41, 5.74) is 3.65. The maximum Gasteiger partial charge on any atom is 0.261 e. The largest absolute Gasteiger partial charge is 0.484 e. The summed E-state index contributed by atoms with van der Waals surface area (Å²) in [6, 6.07) is 20.2. The topological polar surface area (TPSA) is 58.6 Å². The lowest BCUT2D eigenvalue weighted by molar-refractivity contribution is -0.143. The van der Waals surface area contributed by atoms with E-state index in [1.807, 2.05) is 62.4 Å². The van der Waals surface area contributed by atoms with Gasteiger partial charge < -0.3 is 15.0 Å². The van der Waals surface area contributed by atoms with E-state index >= 15 is 0 Å². The van der Waals surface area contributed by atoms with E-state index in [2.05, 4.69) is 5.32 Å². The van der Waals surface area contributed by atoms with Gasteiger partial charge >= 0.3 is 0 Å². The minimum Gasteiger partial charge on any atom is -0.484 e. The average Bonchev–Trinajstić information content (AvgIpc) is 3.39. The minimum absolute atomic E-state index is 0.0864. The molecule has 7 heteroatoms. The zero-order valence-corrected chi connectivity index (χ0v) is 23.4. The van der Waals surface area contributed by atoms with Crippen LogP contribution in [0.5, 0.6) is 5.75 Å². The Bertz CT molecular complexity index is 1220. The number of aryl methyl sites for hydroxylation is 2. The van der Waals surface area contributed by atoms with E-state index in [0.717, 1.165) is 42.4 Å². The van der Waals surface area contributed by atoms with Gasteiger partial charge in [0.25, 0.3) is 5.91 Å². The molecule has 0 bridgehead atoms.